The normalized spacial score (nSPS) is 12.8. The molecule has 3 rings (SSSR count). The molecule has 0 aromatic heterocycles. The first-order chi connectivity index (χ1) is 14.3. The van der Waals surface area contributed by atoms with Crippen LogP contribution in [-0.4, -0.2) is 32.4 Å². The monoisotopic (exact) mass is 406 g/mol. The molecule has 0 fully saturated rings. The van der Waals surface area contributed by atoms with Gasteiger partial charge in [0.2, 0.25) is 0 Å². The molecule has 0 amide bonds. The summed E-state index contributed by atoms with van der Waals surface area (Å²) in [6.07, 6.45) is 0.510. The lowest BCUT2D eigenvalue weighted by molar-refractivity contribution is -0.139. The van der Waals surface area contributed by atoms with Gasteiger partial charge in [0.05, 0.1) is 11.8 Å². The van der Waals surface area contributed by atoms with E-state index in [9.17, 15) is 30.0 Å². The lowest BCUT2D eigenvalue weighted by Gasteiger charge is -2.16. The minimum Gasteiger partial charge on any atom is -0.508 e. The van der Waals surface area contributed by atoms with Crippen LogP contribution in [0.3, 0.4) is 0 Å². The summed E-state index contributed by atoms with van der Waals surface area (Å²) >= 11 is 0. The highest BCUT2D eigenvalue weighted by Crippen LogP contribution is 2.27. The van der Waals surface area contributed by atoms with Crippen molar-refractivity contribution in [1.82, 2.24) is 0 Å². The highest BCUT2D eigenvalue weighted by molar-refractivity contribution is 5.78. The van der Waals surface area contributed by atoms with Crippen molar-refractivity contribution in [2.24, 2.45) is 0 Å². The van der Waals surface area contributed by atoms with Crippen LogP contribution in [0.4, 0.5) is 0 Å². The molecule has 3 aromatic rings. The van der Waals surface area contributed by atoms with Crippen molar-refractivity contribution < 1.29 is 30.0 Å². The van der Waals surface area contributed by atoms with E-state index in [0.29, 0.717) is 11.1 Å². The maximum atomic E-state index is 11.8. The van der Waals surface area contributed by atoms with Gasteiger partial charge in [-0.3, -0.25) is 9.59 Å². The van der Waals surface area contributed by atoms with E-state index in [2.05, 4.69) is 0 Å². The second-order valence-corrected chi connectivity index (χ2v) is 7.19. The molecule has 0 aliphatic heterocycles. The third-order valence-corrected chi connectivity index (χ3v) is 5.09. The largest absolute Gasteiger partial charge is 0.508 e. The van der Waals surface area contributed by atoms with E-state index in [4.69, 9.17) is 0 Å². The van der Waals surface area contributed by atoms with Gasteiger partial charge in [0, 0.05) is 0 Å². The van der Waals surface area contributed by atoms with Crippen molar-refractivity contribution in [2.45, 2.75) is 24.7 Å². The van der Waals surface area contributed by atoms with E-state index >= 15 is 0 Å². The van der Waals surface area contributed by atoms with Crippen LogP contribution in [0.1, 0.15) is 34.1 Å². The number of phenolic OH excluding ortho intramolecular Hbond substituents is 2. The van der Waals surface area contributed by atoms with Crippen molar-refractivity contribution >= 4 is 11.9 Å². The standard InChI is InChI=1S/C24H22O6/c25-19-9-1-15(2-10-19)13-21(23(27)28)17-5-7-18(8-6-17)22(24(29)30)14-16-3-11-20(26)12-4-16/h1-12,21-22,25-26H,13-14H2,(H,27,28)(H,29,30)/t21-,22+. The first kappa shape index (κ1) is 20.9. The molecular formula is C24H22O6. The Bertz CT molecular complexity index is 923. The molecule has 0 saturated carbocycles. The summed E-state index contributed by atoms with van der Waals surface area (Å²) in [4.78, 5) is 23.6. The van der Waals surface area contributed by atoms with Gasteiger partial charge in [-0.05, 0) is 59.4 Å². The average molecular weight is 406 g/mol. The van der Waals surface area contributed by atoms with E-state index < -0.39 is 23.8 Å². The van der Waals surface area contributed by atoms with Gasteiger partial charge < -0.3 is 20.4 Å². The Labute approximate surface area is 173 Å². The van der Waals surface area contributed by atoms with Crippen molar-refractivity contribution in [1.29, 1.82) is 0 Å². The summed E-state index contributed by atoms with van der Waals surface area (Å²) < 4.78 is 0. The molecule has 30 heavy (non-hydrogen) atoms. The fourth-order valence-electron chi connectivity index (χ4n) is 3.39. The maximum absolute atomic E-state index is 11.8. The number of carboxylic acids is 2. The minimum absolute atomic E-state index is 0.114. The molecule has 6 heteroatoms. The highest BCUT2D eigenvalue weighted by atomic mass is 16.4. The van der Waals surface area contributed by atoms with Gasteiger partial charge in [0.25, 0.3) is 0 Å². The fourth-order valence-corrected chi connectivity index (χ4v) is 3.39. The number of rotatable bonds is 8. The minimum atomic E-state index is -0.977. The van der Waals surface area contributed by atoms with Gasteiger partial charge in [-0.25, -0.2) is 0 Å². The number of benzene rings is 3. The maximum Gasteiger partial charge on any atom is 0.311 e. The number of aromatic hydroxyl groups is 2. The van der Waals surface area contributed by atoms with Gasteiger partial charge in [0.15, 0.2) is 0 Å². The van der Waals surface area contributed by atoms with Crippen LogP contribution in [0, 0.1) is 0 Å². The molecule has 0 spiro atoms. The topological polar surface area (TPSA) is 115 Å². The van der Waals surface area contributed by atoms with Crippen LogP contribution in [-0.2, 0) is 22.4 Å². The first-order valence-corrected chi connectivity index (χ1v) is 9.45. The third kappa shape index (κ3) is 5.17. The van der Waals surface area contributed by atoms with Crippen LogP contribution in [0.15, 0.2) is 72.8 Å². The second kappa shape index (κ2) is 9.13. The zero-order valence-electron chi connectivity index (χ0n) is 16.1. The number of aliphatic carboxylic acids is 2. The summed E-state index contributed by atoms with van der Waals surface area (Å²) in [5.41, 5.74) is 2.71. The Morgan fingerprint density at radius 3 is 1.13 bits per heavy atom. The molecule has 154 valence electrons. The molecule has 0 radical (unpaired) electrons. The van der Waals surface area contributed by atoms with E-state index in [1.165, 1.54) is 24.3 Å². The smallest absolute Gasteiger partial charge is 0.311 e. The van der Waals surface area contributed by atoms with Crippen LogP contribution < -0.4 is 0 Å². The van der Waals surface area contributed by atoms with Crippen molar-refractivity contribution in [2.75, 3.05) is 0 Å². The lowest BCUT2D eigenvalue weighted by Crippen LogP contribution is -2.16. The van der Waals surface area contributed by atoms with Gasteiger partial charge in [0.1, 0.15) is 11.5 Å². The Balaban J connectivity index is 1.80. The molecule has 0 heterocycles. The molecule has 4 N–H and O–H groups in total. The zero-order chi connectivity index (χ0) is 21.7. The van der Waals surface area contributed by atoms with Gasteiger partial charge in [-0.2, -0.15) is 0 Å². The fraction of sp³-hybridized carbons (Fsp3) is 0.167. The van der Waals surface area contributed by atoms with E-state index in [1.54, 1.807) is 48.5 Å². The Hall–Kier alpha value is -3.80. The third-order valence-electron chi connectivity index (χ3n) is 5.09. The first-order valence-electron chi connectivity index (χ1n) is 9.45. The van der Waals surface area contributed by atoms with Gasteiger partial charge >= 0.3 is 11.9 Å². The average Bonchev–Trinajstić information content (AvgIpc) is 2.73. The van der Waals surface area contributed by atoms with Gasteiger partial charge in [-0.15, -0.1) is 0 Å². The molecule has 0 aliphatic rings. The van der Waals surface area contributed by atoms with E-state index in [1.807, 2.05) is 0 Å². The SMILES string of the molecule is O=C(O)[C@@H](Cc1ccc(O)cc1)c1ccc([C@@H](Cc2ccc(O)cc2)C(=O)O)cc1. The van der Waals surface area contributed by atoms with Crippen molar-refractivity contribution in [3.63, 3.8) is 0 Å². The second-order valence-electron chi connectivity index (χ2n) is 7.19. The van der Waals surface area contributed by atoms with E-state index in [-0.39, 0.29) is 24.3 Å². The lowest BCUT2D eigenvalue weighted by atomic mass is 9.88. The summed E-state index contributed by atoms with van der Waals surface area (Å²) in [6.45, 7) is 0. The summed E-state index contributed by atoms with van der Waals surface area (Å²) in [5, 5.41) is 38.1. The van der Waals surface area contributed by atoms with Gasteiger partial charge in [-0.1, -0.05) is 48.5 Å². The van der Waals surface area contributed by atoms with Crippen molar-refractivity contribution in [3.05, 3.63) is 95.1 Å². The van der Waals surface area contributed by atoms with Crippen LogP contribution >= 0.6 is 0 Å². The number of hydrogen-bond donors (Lipinski definition) is 4. The van der Waals surface area contributed by atoms with Crippen LogP contribution in [0.2, 0.25) is 0 Å². The number of carbonyl (C=O) groups is 2. The highest BCUT2D eigenvalue weighted by Gasteiger charge is 2.23. The number of hydrogen-bond acceptors (Lipinski definition) is 4. The molecule has 2 atom stereocenters. The van der Waals surface area contributed by atoms with Crippen molar-refractivity contribution in [3.8, 4) is 11.5 Å². The molecule has 3 aromatic carbocycles. The Kier molecular flexibility index (Phi) is 6.37. The molecule has 0 bridgehead atoms. The molecule has 0 saturated heterocycles. The molecule has 6 nitrogen and oxygen atoms in total. The summed E-state index contributed by atoms with van der Waals surface area (Å²) in [5.74, 6) is -3.30. The summed E-state index contributed by atoms with van der Waals surface area (Å²) in [6, 6.07) is 19.4. The number of phenols is 2. The summed E-state index contributed by atoms with van der Waals surface area (Å²) in [7, 11) is 0. The quantitative estimate of drug-likeness (QED) is 0.451. The predicted octanol–water partition coefficient (Wildman–Crippen LogP) is 3.92. The Morgan fingerprint density at radius 1 is 0.567 bits per heavy atom. The number of carboxylic acid groups (broad SMARTS) is 2. The Morgan fingerprint density at radius 2 is 0.867 bits per heavy atom. The molecule has 0 aliphatic carbocycles. The van der Waals surface area contributed by atoms with E-state index in [0.717, 1.165) is 11.1 Å². The molecular weight excluding hydrogens is 384 g/mol. The van der Waals surface area contributed by atoms with Crippen LogP contribution in [0.5, 0.6) is 11.5 Å². The predicted molar refractivity (Wildman–Crippen MR) is 111 cm³/mol. The molecule has 0 unspecified atom stereocenters. The van der Waals surface area contributed by atoms with Crippen LogP contribution in [0.25, 0.3) is 0 Å². The zero-order valence-corrected chi connectivity index (χ0v) is 16.1.